The van der Waals surface area contributed by atoms with Gasteiger partial charge in [-0.25, -0.2) is 4.79 Å². The van der Waals surface area contributed by atoms with E-state index in [1.54, 1.807) is 37.5 Å². The highest BCUT2D eigenvalue weighted by molar-refractivity contribution is 7.12. The van der Waals surface area contributed by atoms with Gasteiger partial charge < -0.3 is 15.0 Å². The van der Waals surface area contributed by atoms with Crippen molar-refractivity contribution in [2.24, 2.45) is 0 Å². The highest BCUT2D eigenvalue weighted by Crippen LogP contribution is 2.22. The summed E-state index contributed by atoms with van der Waals surface area (Å²) < 4.78 is 4.64. The molecule has 0 spiro atoms. The number of rotatable bonds is 6. The van der Waals surface area contributed by atoms with Crippen LogP contribution in [0.4, 0.5) is 5.69 Å². The van der Waals surface area contributed by atoms with Gasteiger partial charge in [-0.1, -0.05) is 0 Å². The summed E-state index contributed by atoms with van der Waals surface area (Å²) in [6, 6.07) is 1.64. The number of hydrogen-bond donors (Lipinski definition) is 1. The van der Waals surface area contributed by atoms with Crippen molar-refractivity contribution in [2.75, 3.05) is 46.7 Å². The van der Waals surface area contributed by atoms with Gasteiger partial charge in [0.05, 0.1) is 25.9 Å². The Morgan fingerprint density at radius 1 is 1.24 bits per heavy atom. The maximum absolute atomic E-state index is 11.9. The van der Waals surface area contributed by atoms with Crippen LogP contribution in [0.3, 0.4) is 0 Å². The third kappa shape index (κ3) is 5.16. The number of nitrogens with zero attached hydrogens (tertiary/aromatic N) is 2. The van der Waals surface area contributed by atoms with Crippen LogP contribution in [0.5, 0.6) is 0 Å². The molecule has 1 aromatic rings. The zero-order valence-electron chi connectivity index (χ0n) is 12.5. The first-order valence-corrected chi connectivity index (χ1v) is 7.07. The SMILES string of the molecule is COC(=O)c1sccc1NC(=O)CN(C)CC(=O)N(C)C. The van der Waals surface area contributed by atoms with E-state index in [2.05, 4.69) is 10.1 Å². The van der Waals surface area contributed by atoms with E-state index in [4.69, 9.17) is 0 Å². The summed E-state index contributed by atoms with van der Waals surface area (Å²) in [5.74, 6) is -0.875. The molecule has 0 radical (unpaired) electrons. The number of thiophene rings is 1. The zero-order chi connectivity index (χ0) is 16.0. The lowest BCUT2D eigenvalue weighted by molar-refractivity contribution is -0.130. The maximum Gasteiger partial charge on any atom is 0.350 e. The zero-order valence-corrected chi connectivity index (χ0v) is 13.3. The second-order valence-corrected chi connectivity index (χ2v) is 5.58. The highest BCUT2D eigenvalue weighted by atomic mass is 32.1. The average molecular weight is 313 g/mol. The lowest BCUT2D eigenvalue weighted by Crippen LogP contribution is -2.38. The lowest BCUT2D eigenvalue weighted by Gasteiger charge is -2.18. The minimum atomic E-state index is -0.489. The van der Waals surface area contributed by atoms with Crippen molar-refractivity contribution in [1.29, 1.82) is 0 Å². The highest BCUT2D eigenvalue weighted by Gasteiger charge is 2.17. The summed E-state index contributed by atoms with van der Waals surface area (Å²) in [4.78, 5) is 38.3. The monoisotopic (exact) mass is 313 g/mol. The van der Waals surface area contributed by atoms with Gasteiger partial charge in [0.1, 0.15) is 4.88 Å². The molecule has 0 aliphatic heterocycles. The summed E-state index contributed by atoms with van der Waals surface area (Å²) in [6.07, 6.45) is 0. The molecule has 1 rings (SSSR count). The fourth-order valence-electron chi connectivity index (χ4n) is 1.52. The third-order valence-corrected chi connectivity index (χ3v) is 3.52. The number of amides is 2. The molecule has 7 nitrogen and oxygen atoms in total. The van der Waals surface area contributed by atoms with Crippen molar-refractivity contribution in [1.82, 2.24) is 9.80 Å². The van der Waals surface area contributed by atoms with Crippen molar-refractivity contribution in [3.8, 4) is 0 Å². The first kappa shape index (κ1) is 17.1. The smallest absolute Gasteiger partial charge is 0.350 e. The van der Waals surface area contributed by atoms with E-state index in [-0.39, 0.29) is 24.9 Å². The van der Waals surface area contributed by atoms with E-state index in [0.717, 1.165) is 0 Å². The molecule has 0 saturated carbocycles. The third-order valence-electron chi connectivity index (χ3n) is 2.63. The fraction of sp³-hybridized carbons (Fsp3) is 0.462. The Hall–Kier alpha value is -1.93. The number of ether oxygens (including phenoxy) is 1. The van der Waals surface area contributed by atoms with Gasteiger partial charge in [0, 0.05) is 14.1 Å². The van der Waals surface area contributed by atoms with E-state index in [1.165, 1.54) is 23.3 Å². The number of carbonyl (C=O) groups is 3. The molecule has 0 bridgehead atoms. The molecule has 1 aromatic heterocycles. The van der Waals surface area contributed by atoms with E-state index in [0.29, 0.717) is 10.6 Å². The minimum Gasteiger partial charge on any atom is -0.465 e. The van der Waals surface area contributed by atoms with Gasteiger partial charge in [-0.15, -0.1) is 11.3 Å². The molecule has 21 heavy (non-hydrogen) atoms. The Morgan fingerprint density at radius 3 is 2.48 bits per heavy atom. The predicted octanol–water partition coefficient (Wildman–Crippen LogP) is 0.493. The number of esters is 1. The Kier molecular flexibility index (Phi) is 6.32. The van der Waals surface area contributed by atoms with Gasteiger partial charge in [0.25, 0.3) is 0 Å². The van der Waals surface area contributed by atoms with Gasteiger partial charge in [-0.2, -0.15) is 0 Å². The molecule has 0 atom stereocenters. The van der Waals surface area contributed by atoms with E-state index >= 15 is 0 Å². The molecule has 0 aromatic carbocycles. The molecule has 0 aliphatic rings. The Morgan fingerprint density at radius 2 is 1.90 bits per heavy atom. The van der Waals surface area contributed by atoms with Crippen molar-refractivity contribution >= 4 is 34.8 Å². The molecular formula is C13H19N3O4S. The van der Waals surface area contributed by atoms with Gasteiger partial charge in [0.15, 0.2) is 0 Å². The number of carbonyl (C=O) groups excluding carboxylic acids is 3. The average Bonchev–Trinajstić information content (AvgIpc) is 2.85. The molecule has 0 aliphatic carbocycles. The molecule has 2 amide bonds. The summed E-state index contributed by atoms with van der Waals surface area (Å²) >= 11 is 1.19. The second-order valence-electron chi connectivity index (χ2n) is 4.66. The van der Waals surface area contributed by atoms with Crippen LogP contribution in [0.2, 0.25) is 0 Å². The van der Waals surface area contributed by atoms with Crippen LogP contribution in [0.1, 0.15) is 9.67 Å². The van der Waals surface area contributed by atoms with Crippen molar-refractivity contribution < 1.29 is 19.1 Å². The summed E-state index contributed by atoms with van der Waals surface area (Å²) in [5.41, 5.74) is 0.421. The van der Waals surface area contributed by atoms with Gasteiger partial charge in [0.2, 0.25) is 11.8 Å². The maximum atomic E-state index is 11.9. The largest absolute Gasteiger partial charge is 0.465 e. The summed E-state index contributed by atoms with van der Waals surface area (Å²) in [7, 11) is 6.28. The predicted molar refractivity (Wildman–Crippen MR) is 80.5 cm³/mol. The minimum absolute atomic E-state index is 0.0516. The van der Waals surface area contributed by atoms with Crippen LogP contribution in [0.15, 0.2) is 11.4 Å². The van der Waals surface area contributed by atoms with Crippen LogP contribution in [-0.2, 0) is 14.3 Å². The number of hydrogen-bond acceptors (Lipinski definition) is 6. The van der Waals surface area contributed by atoms with Crippen LogP contribution < -0.4 is 5.32 Å². The Balaban J connectivity index is 2.56. The summed E-state index contributed by atoms with van der Waals surface area (Å²) in [5, 5.41) is 4.34. The lowest BCUT2D eigenvalue weighted by atomic mass is 10.3. The molecule has 116 valence electrons. The van der Waals surface area contributed by atoms with Gasteiger partial charge in [-0.3, -0.25) is 14.5 Å². The first-order valence-electron chi connectivity index (χ1n) is 6.19. The number of anilines is 1. The van der Waals surface area contributed by atoms with Gasteiger partial charge in [-0.05, 0) is 18.5 Å². The number of likely N-dealkylation sites (N-methyl/N-ethyl adjacent to an activating group) is 2. The van der Waals surface area contributed by atoms with Crippen LogP contribution >= 0.6 is 11.3 Å². The fourth-order valence-corrected chi connectivity index (χ4v) is 2.29. The van der Waals surface area contributed by atoms with Crippen molar-refractivity contribution in [2.45, 2.75) is 0 Å². The quantitative estimate of drug-likeness (QED) is 0.774. The standard InChI is InChI=1S/C13H19N3O4S/c1-15(2)11(18)8-16(3)7-10(17)14-9-5-6-21-12(9)13(19)20-4/h5-6H,7-8H2,1-4H3,(H,14,17). The van der Waals surface area contributed by atoms with Crippen molar-refractivity contribution in [3.05, 3.63) is 16.3 Å². The topological polar surface area (TPSA) is 79.0 Å². The molecule has 0 saturated heterocycles. The summed E-state index contributed by atoms with van der Waals surface area (Å²) in [6.45, 7) is 0.198. The Labute approximate surface area is 127 Å². The molecule has 0 unspecified atom stereocenters. The molecule has 1 N–H and O–H groups in total. The molecule has 8 heteroatoms. The molecular weight excluding hydrogens is 294 g/mol. The van der Waals surface area contributed by atoms with Gasteiger partial charge >= 0.3 is 5.97 Å². The van der Waals surface area contributed by atoms with Crippen molar-refractivity contribution in [3.63, 3.8) is 0 Å². The van der Waals surface area contributed by atoms with Crippen LogP contribution in [0, 0.1) is 0 Å². The number of nitrogens with one attached hydrogen (secondary N) is 1. The van der Waals surface area contributed by atoms with E-state index < -0.39 is 5.97 Å². The molecule has 1 heterocycles. The van der Waals surface area contributed by atoms with Crippen LogP contribution in [-0.4, -0.2) is 68.9 Å². The Bertz CT molecular complexity index is 527. The van der Waals surface area contributed by atoms with E-state index in [1.807, 2.05) is 0 Å². The first-order chi connectivity index (χ1) is 9.85. The van der Waals surface area contributed by atoms with E-state index in [9.17, 15) is 14.4 Å². The second kappa shape index (κ2) is 7.75. The molecule has 0 fully saturated rings. The normalized spacial score (nSPS) is 10.3. The van der Waals surface area contributed by atoms with Crippen LogP contribution in [0.25, 0.3) is 0 Å². The number of methoxy groups -OCH3 is 1.